The van der Waals surface area contributed by atoms with Crippen LogP contribution in [0.25, 0.3) is 0 Å². The lowest BCUT2D eigenvalue weighted by Gasteiger charge is -2.22. The summed E-state index contributed by atoms with van der Waals surface area (Å²) in [6.07, 6.45) is 0.0874. The maximum absolute atomic E-state index is 13.7. The van der Waals surface area contributed by atoms with Gasteiger partial charge in [0.05, 0.1) is 12.1 Å². The third kappa shape index (κ3) is 4.87. The first kappa shape index (κ1) is 15.4. The van der Waals surface area contributed by atoms with Gasteiger partial charge in [-0.05, 0) is 31.5 Å². The van der Waals surface area contributed by atoms with Crippen LogP contribution >= 0.6 is 0 Å². The molecular formula is C14H21FN2O2. The van der Waals surface area contributed by atoms with Crippen LogP contribution in [0.2, 0.25) is 0 Å². The molecule has 0 aliphatic rings. The molecule has 0 amide bonds. The third-order valence-corrected chi connectivity index (χ3v) is 2.96. The number of carboxylic acid groups (broad SMARTS) is 1. The van der Waals surface area contributed by atoms with Crippen LogP contribution in [-0.4, -0.2) is 30.7 Å². The number of aliphatic carboxylic acids is 1. The highest BCUT2D eigenvalue weighted by molar-refractivity contribution is 5.66. The van der Waals surface area contributed by atoms with Gasteiger partial charge in [-0.2, -0.15) is 0 Å². The fourth-order valence-electron chi connectivity index (χ4n) is 1.90. The van der Waals surface area contributed by atoms with E-state index in [2.05, 4.69) is 5.32 Å². The Morgan fingerprint density at radius 1 is 1.37 bits per heavy atom. The molecule has 0 unspecified atom stereocenters. The summed E-state index contributed by atoms with van der Waals surface area (Å²) in [6, 6.07) is 4.99. The number of carbonyl (C=O) groups is 1. The lowest BCUT2D eigenvalue weighted by molar-refractivity contribution is -0.136. The number of hydrogen-bond donors (Lipinski definition) is 2. The number of halogens is 1. The monoisotopic (exact) mass is 268 g/mol. The van der Waals surface area contributed by atoms with Crippen molar-refractivity contribution in [3.8, 4) is 0 Å². The molecule has 5 heteroatoms. The number of benzene rings is 1. The molecular weight excluding hydrogens is 247 g/mol. The van der Waals surface area contributed by atoms with Crippen molar-refractivity contribution in [2.45, 2.75) is 26.8 Å². The van der Waals surface area contributed by atoms with Crippen molar-refractivity contribution in [2.24, 2.45) is 0 Å². The van der Waals surface area contributed by atoms with Gasteiger partial charge in [-0.25, -0.2) is 4.39 Å². The van der Waals surface area contributed by atoms with Crippen LogP contribution in [0.4, 0.5) is 10.1 Å². The summed E-state index contributed by atoms with van der Waals surface area (Å²) in [5.41, 5.74) is 1.55. The Balaban J connectivity index is 2.65. The minimum Gasteiger partial charge on any atom is -0.481 e. The van der Waals surface area contributed by atoms with Gasteiger partial charge in [-0.3, -0.25) is 4.79 Å². The standard InChI is InChI=1S/C14H21FN2O2/c1-3-17(4-2)13-9-11(5-6-12(13)15)10-16-8-7-14(18)19/h5-6,9,16H,3-4,7-8,10H2,1-2H3,(H,18,19). The van der Waals surface area contributed by atoms with Gasteiger partial charge in [0, 0.05) is 26.2 Å². The molecule has 0 aliphatic heterocycles. The number of carboxylic acids is 1. The molecule has 1 aromatic carbocycles. The second-order valence-corrected chi connectivity index (χ2v) is 4.28. The molecule has 0 saturated heterocycles. The molecule has 0 fully saturated rings. The largest absolute Gasteiger partial charge is 0.481 e. The Morgan fingerprint density at radius 2 is 2.05 bits per heavy atom. The fraction of sp³-hybridized carbons (Fsp3) is 0.500. The number of nitrogens with one attached hydrogen (secondary N) is 1. The van der Waals surface area contributed by atoms with Gasteiger partial charge in [0.1, 0.15) is 5.82 Å². The summed E-state index contributed by atoms with van der Waals surface area (Å²) < 4.78 is 13.7. The average molecular weight is 268 g/mol. The zero-order valence-electron chi connectivity index (χ0n) is 11.4. The van der Waals surface area contributed by atoms with Gasteiger partial charge in [0.15, 0.2) is 0 Å². The molecule has 4 nitrogen and oxygen atoms in total. The molecule has 0 saturated carbocycles. The van der Waals surface area contributed by atoms with E-state index in [4.69, 9.17) is 5.11 Å². The van der Waals surface area contributed by atoms with E-state index in [1.165, 1.54) is 6.07 Å². The molecule has 0 heterocycles. The van der Waals surface area contributed by atoms with Gasteiger partial charge in [-0.15, -0.1) is 0 Å². The van der Waals surface area contributed by atoms with Crippen molar-refractivity contribution in [2.75, 3.05) is 24.5 Å². The number of rotatable bonds is 8. The Hall–Kier alpha value is -1.62. The van der Waals surface area contributed by atoms with E-state index in [0.717, 1.165) is 18.7 Å². The Labute approximate surface area is 113 Å². The number of nitrogens with zero attached hydrogens (tertiary/aromatic N) is 1. The maximum atomic E-state index is 13.7. The van der Waals surface area contributed by atoms with Crippen molar-refractivity contribution in [1.29, 1.82) is 0 Å². The second kappa shape index (κ2) is 7.74. The molecule has 0 spiro atoms. The first-order chi connectivity index (χ1) is 9.08. The molecule has 0 bridgehead atoms. The van der Waals surface area contributed by atoms with Gasteiger partial charge < -0.3 is 15.3 Å². The van der Waals surface area contributed by atoms with E-state index in [1.807, 2.05) is 24.8 Å². The zero-order chi connectivity index (χ0) is 14.3. The minimum atomic E-state index is -0.824. The molecule has 0 aliphatic carbocycles. The molecule has 0 aromatic heterocycles. The first-order valence-corrected chi connectivity index (χ1v) is 6.54. The molecule has 0 atom stereocenters. The lowest BCUT2D eigenvalue weighted by Crippen LogP contribution is -2.23. The summed E-state index contributed by atoms with van der Waals surface area (Å²) >= 11 is 0. The van der Waals surface area contributed by atoms with Crippen LogP contribution < -0.4 is 10.2 Å². The smallest absolute Gasteiger partial charge is 0.304 e. The summed E-state index contributed by atoms with van der Waals surface area (Å²) in [7, 11) is 0. The van der Waals surface area contributed by atoms with Crippen molar-refractivity contribution in [1.82, 2.24) is 5.32 Å². The van der Waals surface area contributed by atoms with Crippen molar-refractivity contribution in [3.63, 3.8) is 0 Å². The highest BCUT2D eigenvalue weighted by atomic mass is 19.1. The summed E-state index contributed by atoms with van der Waals surface area (Å²) in [4.78, 5) is 12.3. The van der Waals surface area contributed by atoms with Crippen LogP contribution in [0.15, 0.2) is 18.2 Å². The number of hydrogen-bond acceptors (Lipinski definition) is 3. The predicted octanol–water partition coefficient (Wildman–Crippen LogP) is 2.24. The zero-order valence-corrected chi connectivity index (χ0v) is 11.4. The Bertz CT molecular complexity index is 420. The normalized spacial score (nSPS) is 10.5. The van der Waals surface area contributed by atoms with Crippen LogP contribution in [-0.2, 0) is 11.3 Å². The highest BCUT2D eigenvalue weighted by Gasteiger charge is 2.09. The van der Waals surface area contributed by atoms with Crippen LogP contribution in [0, 0.1) is 5.82 Å². The van der Waals surface area contributed by atoms with E-state index in [1.54, 1.807) is 6.07 Å². The Morgan fingerprint density at radius 3 is 2.63 bits per heavy atom. The maximum Gasteiger partial charge on any atom is 0.304 e. The van der Waals surface area contributed by atoms with Gasteiger partial charge in [-0.1, -0.05) is 6.07 Å². The first-order valence-electron chi connectivity index (χ1n) is 6.54. The topological polar surface area (TPSA) is 52.6 Å². The number of anilines is 1. The van der Waals surface area contributed by atoms with E-state index >= 15 is 0 Å². The molecule has 19 heavy (non-hydrogen) atoms. The molecule has 106 valence electrons. The fourth-order valence-corrected chi connectivity index (χ4v) is 1.90. The quantitative estimate of drug-likeness (QED) is 0.710. The van der Waals surface area contributed by atoms with Crippen LogP contribution in [0.1, 0.15) is 25.8 Å². The molecule has 1 aromatic rings. The van der Waals surface area contributed by atoms with Gasteiger partial charge in [0.25, 0.3) is 0 Å². The average Bonchev–Trinajstić information content (AvgIpc) is 2.39. The third-order valence-electron chi connectivity index (χ3n) is 2.96. The van der Waals surface area contributed by atoms with Gasteiger partial charge in [0.2, 0.25) is 0 Å². The van der Waals surface area contributed by atoms with Crippen molar-refractivity contribution >= 4 is 11.7 Å². The predicted molar refractivity (Wildman–Crippen MR) is 73.9 cm³/mol. The van der Waals surface area contributed by atoms with Crippen LogP contribution in [0.3, 0.4) is 0 Å². The van der Waals surface area contributed by atoms with E-state index in [0.29, 0.717) is 18.8 Å². The molecule has 1 rings (SSSR count). The van der Waals surface area contributed by atoms with E-state index in [-0.39, 0.29) is 12.2 Å². The van der Waals surface area contributed by atoms with E-state index < -0.39 is 5.97 Å². The molecule has 0 radical (unpaired) electrons. The lowest BCUT2D eigenvalue weighted by atomic mass is 10.1. The van der Waals surface area contributed by atoms with E-state index in [9.17, 15) is 9.18 Å². The Kier molecular flexibility index (Phi) is 6.29. The highest BCUT2D eigenvalue weighted by Crippen LogP contribution is 2.20. The summed E-state index contributed by atoms with van der Waals surface area (Å²) in [6.45, 7) is 6.43. The van der Waals surface area contributed by atoms with Gasteiger partial charge >= 0.3 is 5.97 Å². The molecule has 2 N–H and O–H groups in total. The summed E-state index contributed by atoms with van der Waals surface area (Å²) in [5.74, 6) is -1.05. The summed E-state index contributed by atoms with van der Waals surface area (Å²) in [5, 5.41) is 11.6. The minimum absolute atomic E-state index is 0.0874. The van der Waals surface area contributed by atoms with Crippen molar-refractivity contribution < 1.29 is 14.3 Å². The SMILES string of the molecule is CCN(CC)c1cc(CNCCC(=O)O)ccc1F. The second-order valence-electron chi connectivity index (χ2n) is 4.28. The van der Waals surface area contributed by atoms with Crippen LogP contribution in [0.5, 0.6) is 0 Å². The van der Waals surface area contributed by atoms with Crippen molar-refractivity contribution in [3.05, 3.63) is 29.6 Å².